The van der Waals surface area contributed by atoms with Gasteiger partial charge in [0.2, 0.25) is 0 Å². The number of methoxy groups -OCH3 is 1. The van der Waals surface area contributed by atoms with E-state index in [4.69, 9.17) is 4.74 Å². The molecule has 1 fully saturated rings. The highest BCUT2D eigenvalue weighted by Gasteiger charge is 2.25. The number of rotatable bonds is 4. The van der Waals surface area contributed by atoms with Crippen LogP contribution in [-0.4, -0.2) is 19.3 Å². The maximum atomic E-state index is 5.39. The molecule has 1 aliphatic rings. The van der Waals surface area contributed by atoms with E-state index in [-0.39, 0.29) is 0 Å². The summed E-state index contributed by atoms with van der Waals surface area (Å²) in [6.45, 7) is 2.23. The van der Waals surface area contributed by atoms with Crippen LogP contribution >= 0.6 is 27.3 Å². The number of ether oxygens (including phenoxy) is 1. The Balaban J connectivity index is 1.86. The monoisotopic (exact) mass is 303 g/mol. The van der Waals surface area contributed by atoms with Gasteiger partial charge in [0.05, 0.1) is 9.89 Å². The first-order valence-corrected chi connectivity index (χ1v) is 7.34. The van der Waals surface area contributed by atoms with E-state index in [9.17, 15) is 0 Å². The second-order valence-corrected chi connectivity index (χ2v) is 6.89. The molecule has 16 heavy (non-hydrogen) atoms. The first-order chi connectivity index (χ1) is 7.69. The molecule has 1 saturated carbocycles. The summed E-state index contributed by atoms with van der Waals surface area (Å²) in [6, 6.07) is 5.36. The number of nitrogens with one attached hydrogen (secondary N) is 1. The summed E-state index contributed by atoms with van der Waals surface area (Å²) in [6.07, 6.45) is 4.03. The zero-order valence-corrected chi connectivity index (χ0v) is 12.1. The predicted molar refractivity (Wildman–Crippen MR) is 72.0 cm³/mol. The van der Waals surface area contributed by atoms with Crippen LogP contribution in [0, 0.1) is 0 Å². The van der Waals surface area contributed by atoms with Crippen molar-refractivity contribution in [2.75, 3.05) is 7.11 Å². The highest BCUT2D eigenvalue weighted by molar-refractivity contribution is 9.11. The Kier molecular flexibility index (Phi) is 4.41. The quantitative estimate of drug-likeness (QED) is 0.915. The van der Waals surface area contributed by atoms with Crippen molar-refractivity contribution in [2.45, 2.75) is 44.4 Å². The van der Waals surface area contributed by atoms with E-state index in [1.165, 1.54) is 21.5 Å². The molecule has 0 saturated heterocycles. The lowest BCUT2D eigenvalue weighted by Gasteiger charge is -2.18. The molecule has 3 atom stereocenters. The van der Waals surface area contributed by atoms with E-state index in [0.717, 1.165) is 6.42 Å². The molecule has 3 unspecified atom stereocenters. The van der Waals surface area contributed by atoms with Crippen molar-refractivity contribution in [2.24, 2.45) is 0 Å². The maximum Gasteiger partial charge on any atom is 0.0701 e. The average Bonchev–Trinajstić information content (AvgIpc) is 2.87. The Morgan fingerprint density at radius 3 is 2.88 bits per heavy atom. The lowest BCUT2D eigenvalue weighted by molar-refractivity contribution is 0.106. The van der Waals surface area contributed by atoms with Gasteiger partial charge in [0.25, 0.3) is 0 Å². The summed E-state index contributed by atoms with van der Waals surface area (Å²) >= 11 is 5.31. The van der Waals surface area contributed by atoms with Crippen LogP contribution in [0.5, 0.6) is 0 Å². The van der Waals surface area contributed by atoms with E-state index in [1.54, 1.807) is 0 Å². The lowest BCUT2D eigenvalue weighted by atomic mass is 10.2. The zero-order valence-electron chi connectivity index (χ0n) is 9.70. The molecule has 1 N–H and O–H groups in total. The Morgan fingerprint density at radius 2 is 2.31 bits per heavy atom. The third-order valence-corrected chi connectivity index (χ3v) is 5.03. The standard InChI is InChI=1S/C12H18BrNOS/c1-8(11-5-6-12(13)16-11)14-9-3-4-10(7-9)15-2/h5-6,8-10,14H,3-4,7H2,1-2H3. The molecule has 0 aromatic carbocycles. The smallest absolute Gasteiger partial charge is 0.0701 e. The van der Waals surface area contributed by atoms with Crippen molar-refractivity contribution in [3.63, 3.8) is 0 Å². The van der Waals surface area contributed by atoms with Crippen LogP contribution in [0.3, 0.4) is 0 Å². The third kappa shape index (κ3) is 3.06. The summed E-state index contributed by atoms with van der Waals surface area (Å²) in [5.41, 5.74) is 0. The number of thiophene rings is 1. The molecule has 1 aromatic rings. The van der Waals surface area contributed by atoms with Crippen molar-refractivity contribution in [3.05, 3.63) is 20.8 Å². The van der Waals surface area contributed by atoms with E-state index < -0.39 is 0 Å². The Labute approximate surface area is 110 Å². The number of halogens is 1. The van der Waals surface area contributed by atoms with Gasteiger partial charge in [-0.2, -0.15) is 0 Å². The normalized spacial score (nSPS) is 27.2. The zero-order chi connectivity index (χ0) is 11.5. The fraction of sp³-hybridized carbons (Fsp3) is 0.667. The highest BCUT2D eigenvalue weighted by atomic mass is 79.9. The first-order valence-electron chi connectivity index (χ1n) is 5.73. The van der Waals surface area contributed by atoms with Gasteiger partial charge in [-0.1, -0.05) is 0 Å². The molecule has 0 aliphatic heterocycles. The van der Waals surface area contributed by atoms with Crippen molar-refractivity contribution >= 4 is 27.3 Å². The molecule has 1 aromatic heterocycles. The lowest BCUT2D eigenvalue weighted by Crippen LogP contribution is -2.29. The molecule has 2 rings (SSSR count). The molecular formula is C12H18BrNOS. The van der Waals surface area contributed by atoms with Crippen LogP contribution < -0.4 is 5.32 Å². The van der Waals surface area contributed by atoms with Crippen LogP contribution in [0.15, 0.2) is 15.9 Å². The van der Waals surface area contributed by atoms with E-state index in [1.807, 2.05) is 18.4 Å². The maximum absolute atomic E-state index is 5.39. The Bertz CT molecular complexity index is 342. The van der Waals surface area contributed by atoms with Crippen molar-refractivity contribution in [1.82, 2.24) is 5.32 Å². The fourth-order valence-electron chi connectivity index (χ4n) is 2.30. The number of hydrogen-bond donors (Lipinski definition) is 1. The SMILES string of the molecule is COC1CCC(NC(C)c2ccc(Br)s2)C1. The molecule has 1 aliphatic carbocycles. The van der Waals surface area contributed by atoms with Gasteiger partial charge in [-0.15, -0.1) is 11.3 Å². The Morgan fingerprint density at radius 1 is 1.50 bits per heavy atom. The second kappa shape index (κ2) is 5.63. The minimum absolute atomic E-state index is 0.442. The van der Waals surface area contributed by atoms with Crippen LogP contribution in [-0.2, 0) is 4.74 Å². The Hall–Kier alpha value is 0.1000. The van der Waals surface area contributed by atoms with Gasteiger partial charge < -0.3 is 10.1 Å². The molecule has 0 radical (unpaired) electrons. The first kappa shape index (κ1) is 12.6. The summed E-state index contributed by atoms with van der Waals surface area (Å²) in [5, 5.41) is 3.68. The average molecular weight is 304 g/mol. The summed E-state index contributed by atoms with van der Waals surface area (Å²) in [5.74, 6) is 0. The molecule has 90 valence electrons. The van der Waals surface area contributed by atoms with E-state index in [2.05, 4.69) is 40.3 Å². The topological polar surface area (TPSA) is 21.3 Å². The summed E-state index contributed by atoms with van der Waals surface area (Å²) in [7, 11) is 1.81. The molecule has 0 amide bonds. The minimum atomic E-state index is 0.442. The molecule has 0 spiro atoms. The highest BCUT2D eigenvalue weighted by Crippen LogP contribution is 2.29. The van der Waals surface area contributed by atoms with Gasteiger partial charge >= 0.3 is 0 Å². The van der Waals surface area contributed by atoms with Crippen LogP contribution in [0.1, 0.15) is 37.1 Å². The van der Waals surface area contributed by atoms with E-state index >= 15 is 0 Å². The summed E-state index contributed by atoms with van der Waals surface area (Å²) < 4.78 is 6.59. The van der Waals surface area contributed by atoms with E-state index in [0.29, 0.717) is 18.2 Å². The van der Waals surface area contributed by atoms with Gasteiger partial charge in [0.1, 0.15) is 0 Å². The van der Waals surface area contributed by atoms with Gasteiger partial charge in [-0.3, -0.25) is 0 Å². The fourth-order valence-corrected chi connectivity index (χ4v) is 3.74. The number of hydrogen-bond acceptors (Lipinski definition) is 3. The molecule has 1 heterocycles. The minimum Gasteiger partial charge on any atom is -0.381 e. The third-order valence-electron chi connectivity index (χ3n) is 3.22. The van der Waals surface area contributed by atoms with Crippen molar-refractivity contribution < 1.29 is 4.74 Å². The van der Waals surface area contributed by atoms with Crippen LogP contribution in [0.4, 0.5) is 0 Å². The van der Waals surface area contributed by atoms with Crippen molar-refractivity contribution in [1.29, 1.82) is 0 Å². The van der Waals surface area contributed by atoms with Gasteiger partial charge in [-0.05, 0) is 54.2 Å². The largest absolute Gasteiger partial charge is 0.381 e. The predicted octanol–water partition coefficient (Wildman–Crippen LogP) is 3.73. The van der Waals surface area contributed by atoms with Crippen LogP contribution in [0.25, 0.3) is 0 Å². The molecule has 4 heteroatoms. The molecule has 2 nitrogen and oxygen atoms in total. The van der Waals surface area contributed by atoms with Gasteiger partial charge in [0, 0.05) is 24.1 Å². The molecule has 0 bridgehead atoms. The molecular weight excluding hydrogens is 286 g/mol. The second-order valence-electron chi connectivity index (χ2n) is 4.40. The van der Waals surface area contributed by atoms with Gasteiger partial charge in [-0.25, -0.2) is 0 Å². The van der Waals surface area contributed by atoms with Crippen molar-refractivity contribution in [3.8, 4) is 0 Å². The van der Waals surface area contributed by atoms with Gasteiger partial charge in [0.15, 0.2) is 0 Å². The summed E-state index contributed by atoms with van der Waals surface area (Å²) in [4.78, 5) is 1.40. The van der Waals surface area contributed by atoms with Crippen LogP contribution in [0.2, 0.25) is 0 Å².